The first-order chi connectivity index (χ1) is 17.5. The van der Waals surface area contributed by atoms with E-state index >= 15 is 0 Å². The summed E-state index contributed by atoms with van der Waals surface area (Å²) in [7, 11) is 1.49. The van der Waals surface area contributed by atoms with Crippen molar-refractivity contribution in [3.8, 4) is 11.3 Å². The number of hydrogen-bond donors (Lipinski definition) is 3. The Hall–Kier alpha value is -4.20. The van der Waals surface area contributed by atoms with Gasteiger partial charge in [0, 0.05) is 37.7 Å². The Morgan fingerprint density at radius 1 is 1.27 bits per heavy atom. The molecule has 1 amide bonds. The van der Waals surface area contributed by atoms with Gasteiger partial charge in [0.2, 0.25) is 5.91 Å². The van der Waals surface area contributed by atoms with Crippen LogP contribution in [-0.4, -0.2) is 49.9 Å². The zero-order valence-corrected chi connectivity index (χ0v) is 20.0. The lowest BCUT2D eigenvalue weighted by molar-refractivity contribution is -0.138. The van der Waals surface area contributed by atoms with Crippen LogP contribution in [-0.2, 0) is 24.6 Å². The highest BCUT2D eigenvalue weighted by molar-refractivity contribution is 5.94. The van der Waals surface area contributed by atoms with Crippen LogP contribution in [0.5, 0.6) is 0 Å². The standard InChI is InChI=1S/C23H24F3N7O4/c1-13-15(23(24,25)26)9-14(10-27-13)16-5-3-6-17(29-16)30-18(35)11-32-12-28-20-19(32)21(36)33(7-4-8-34)22(37)31(20)2/h3,5-6,9-10,28,34H,4,7-8,11-12H2,1-2H3,(H,29,30,35). The number of aliphatic hydroxyl groups is 1. The average Bonchev–Trinajstić information content (AvgIpc) is 3.26. The minimum Gasteiger partial charge on any atom is -0.396 e. The predicted octanol–water partition coefficient (Wildman–Crippen LogP) is 1.54. The van der Waals surface area contributed by atoms with Crippen molar-refractivity contribution in [1.29, 1.82) is 0 Å². The van der Waals surface area contributed by atoms with Crippen LogP contribution in [0.3, 0.4) is 0 Å². The third-order valence-electron chi connectivity index (χ3n) is 5.86. The van der Waals surface area contributed by atoms with Gasteiger partial charge in [-0.3, -0.25) is 23.7 Å². The second-order valence-electron chi connectivity index (χ2n) is 8.42. The van der Waals surface area contributed by atoms with E-state index in [1.54, 1.807) is 0 Å². The lowest BCUT2D eigenvalue weighted by atomic mass is 10.1. The number of fused-ring (bicyclic) bond motifs is 1. The molecule has 0 fully saturated rings. The number of rotatable bonds is 7. The minimum atomic E-state index is -4.57. The SMILES string of the molecule is Cc1ncc(-c2cccc(NC(=O)CN3CNc4c3c(=O)n(CCCO)c(=O)n4C)n2)cc1C(F)(F)F. The van der Waals surface area contributed by atoms with E-state index in [-0.39, 0.29) is 67.1 Å². The van der Waals surface area contributed by atoms with E-state index in [0.29, 0.717) is 0 Å². The summed E-state index contributed by atoms with van der Waals surface area (Å²) in [6, 6.07) is 5.47. The second-order valence-corrected chi connectivity index (χ2v) is 8.42. The number of halogens is 3. The molecule has 196 valence electrons. The first-order valence-electron chi connectivity index (χ1n) is 11.3. The summed E-state index contributed by atoms with van der Waals surface area (Å²) in [5.41, 5.74) is -1.70. The number of aryl methyl sites for hydroxylation is 1. The normalized spacial score (nSPS) is 12.9. The molecule has 0 saturated carbocycles. The number of carbonyl (C=O) groups is 1. The van der Waals surface area contributed by atoms with Crippen molar-refractivity contribution in [2.75, 3.05) is 35.4 Å². The fraction of sp³-hybridized carbons (Fsp3) is 0.348. The Morgan fingerprint density at radius 3 is 2.73 bits per heavy atom. The van der Waals surface area contributed by atoms with Crippen LogP contribution in [0.15, 0.2) is 40.1 Å². The first-order valence-corrected chi connectivity index (χ1v) is 11.3. The van der Waals surface area contributed by atoms with Crippen LogP contribution >= 0.6 is 0 Å². The highest BCUT2D eigenvalue weighted by Crippen LogP contribution is 2.33. The van der Waals surface area contributed by atoms with Crippen molar-refractivity contribution in [1.82, 2.24) is 19.1 Å². The molecule has 4 rings (SSSR count). The molecule has 0 aromatic carbocycles. The molecule has 11 nitrogen and oxygen atoms in total. The summed E-state index contributed by atoms with van der Waals surface area (Å²) in [5.74, 6) is -0.159. The molecule has 0 saturated heterocycles. The van der Waals surface area contributed by atoms with Gasteiger partial charge in [-0.1, -0.05) is 6.07 Å². The number of pyridine rings is 2. The summed E-state index contributed by atoms with van der Waals surface area (Å²) in [6.45, 7) is 0.929. The molecule has 0 radical (unpaired) electrons. The average molecular weight is 519 g/mol. The van der Waals surface area contributed by atoms with Gasteiger partial charge in [0.05, 0.1) is 24.5 Å². The maximum atomic E-state index is 13.3. The molecule has 0 unspecified atom stereocenters. The number of nitrogens with one attached hydrogen (secondary N) is 2. The van der Waals surface area contributed by atoms with Gasteiger partial charge < -0.3 is 20.6 Å². The van der Waals surface area contributed by atoms with Crippen molar-refractivity contribution >= 4 is 23.2 Å². The lowest BCUT2D eigenvalue weighted by Gasteiger charge is -2.18. The molecule has 37 heavy (non-hydrogen) atoms. The number of nitrogens with zero attached hydrogens (tertiary/aromatic N) is 5. The molecule has 0 aliphatic carbocycles. The molecule has 1 aliphatic rings. The Bertz CT molecular complexity index is 1470. The topological polar surface area (TPSA) is 134 Å². The lowest BCUT2D eigenvalue weighted by Crippen LogP contribution is -2.42. The number of alkyl halides is 3. The molecule has 1 aliphatic heterocycles. The Balaban J connectivity index is 1.54. The molecule has 0 spiro atoms. The van der Waals surface area contributed by atoms with Gasteiger partial charge in [-0.05, 0) is 31.5 Å². The molecule has 0 bridgehead atoms. The van der Waals surface area contributed by atoms with Gasteiger partial charge in [0.25, 0.3) is 5.56 Å². The van der Waals surface area contributed by atoms with Crippen molar-refractivity contribution in [3.05, 3.63) is 62.6 Å². The Kier molecular flexibility index (Phi) is 7.03. The van der Waals surface area contributed by atoms with Crippen molar-refractivity contribution in [3.63, 3.8) is 0 Å². The molecular formula is C23H24F3N7O4. The molecule has 3 aromatic rings. The maximum absolute atomic E-state index is 13.3. The summed E-state index contributed by atoms with van der Waals surface area (Å²) < 4.78 is 42.1. The molecule has 0 atom stereocenters. The number of aliphatic hydroxyl groups excluding tert-OH is 1. The fourth-order valence-corrected chi connectivity index (χ4v) is 4.03. The zero-order chi connectivity index (χ0) is 26.9. The fourth-order valence-electron chi connectivity index (χ4n) is 4.03. The molecule has 14 heteroatoms. The van der Waals surface area contributed by atoms with Gasteiger partial charge in [0.1, 0.15) is 17.3 Å². The van der Waals surface area contributed by atoms with Crippen LogP contribution in [0, 0.1) is 6.92 Å². The van der Waals surface area contributed by atoms with Gasteiger partial charge in [-0.2, -0.15) is 13.2 Å². The number of amides is 1. The summed E-state index contributed by atoms with van der Waals surface area (Å²) >= 11 is 0. The van der Waals surface area contributed by atoms with E-state index in [0.717, 1.165) is 10.6 Å². The van der Waals surface area contributed by atoms with Crippen molar-refractivity contribution in [2.45, 2.75) is 26.1 Å². The maximum Gasteiger partial charge on any atom is 0.418 e. The summed E-state index contributed by atoms with van der Waals surface area (Å²) in [4.78, 5) is 47.8. The van der Waals surface area contributed by atoms with Crippen molar-refractivity contribution < 1.29 is 23.1 Å². The van der Waals surface area contributed by atoms with Gasteiger partial charge in [-0.25, -0.2) is 9.78 Å². The molecule has 3 aromatic heterocycles. The summed E-state index contributed by atoms with van der Waals surface area (Å²) in [6.07, 6.45) is -3.08. The number of hydrogen-bond acceptors (Lipinski definition) is 8. The quantitative estimate of drug-likeness (QED) is 0.428. The van der Waals surface area contributed by atoms with Gasteiger partial charge in [-0.15, -0.1) is 0 Å². The highest BCUT2D eigenvalue weighted by atomic mass is 19.4. The summed E-state index contributed by atoms with van der Waals surface area (Å²) in [5, 5.41) is 14.6. The van der Waals surface area contributed by atoms with Crippen LogP contribution in [0.25, 0.3) is 11.3 Å². The minimum absolute atomic E-state index is 0.0238. The monoisotopic (exact) mass is 519 g/mol. The highest BCUT2D eigenvalue weighted by Gasteiger charge is 2.33. The Labute approximate surface area is 208 Å². The van der Waals surface area contributed by atoms with Gasteiger partial charge in [0.15, 0.2) is 0 Å². The van der Waals surface area contributed by atoms with E-state index < -0.39 is 28.9 Å². The Morgan fingerprint density at radius 2 is 2.03 bits per heavy atom. The first kappa shape index (κ1) is 25.9. The van der Waals surface area contributed by atoms with Gasteiger partial charge >= 0.3 is 11.9 Å². The number of aromatic nitrogens is 4. The molecule has 4 heterocycles. The van der Waals surface area contributed by atoms with E-state index in [9.17, 15) is 27.6 Å². The van der Waals surface area contributed by atoms with Crippen LogP contribution < -0.4 is 26.8 Å². The van der Waals surface area contributed by atoms with Crippen LogP contribution in [0.4, 0.5) is 30.5 Å². The third kappa shape index (κ3) is 5.18. The smallest absolute Gasteiger partial charge is 0.396 e. The van der Waals surface area contributed by atoms with E-state index in [1.165, 1.54) is 47.8 Å². The molecule has 3 N–H and O–H groups in total. The van der Waals surface area contributed by atoms with Crippen molar-refractivity contribution in [2.24, 2.45) is 7.05 Å². The van der Waals surface area contributed by atoms with Crippen LogP contribution in [0.2, 0.25) is 0 Å². The van der Waals surface area contributed by atoms with E-state index in [4.69, 9.17) is 5.11 Å². The third-order valence-corrected chi connectivity index (χ3v) is 5.86. The van der Waals surface area contributed by atoms with Crippen LogP contribution in [0.1, 0.15) is 17.7 Å². The predicted molar refractivity (Wildman–Crippen MR) is 129 cm³/mol. The molecular weight excluding hydrogens is 495 g/mol. The zero-order valence-electron chi connectivity index (χ0n) is 20.0. The number of anilines is 3. The van der Waals surface area contributed by atoms with E-state index in [1.807, 2.05) is 0 Å². The number of carbonyl (C=O) groups excluding carboxylic acids is 1. The largest absolute Gasteiger partial charge is 0.418 e. The van der Waals surface area contributed by atoms with E-state index in [2.05, 4.69) is 20.6 Å². The second kappa shape index (κ2) is 10.0.